The average molecular weight is 326 g/mol. The van der Waals surface area contributed by atoms with Crippen molar-refractivity contribution in [1.82, 2.24) is 14.3 Å². The highest BCUT2D eigenvalue weighted by atomic mass is 79.9. The Morgan fingerprint density at radius 1 is 1.53 bits per heavy atom. The van der Waals surface area contributed by atoms with E-state index >= 15 is 0 Å². The van der Waals surface area contributed by atoms with Crippen LogP contribution < -0.4 is 4.72 Å². The monoisotopic (exact) mass is 325 g/mol. The summed E-state index contributed by atoms with van der Waals surface area (Å²) in [5.41, 5.74) is 0. The lowest BCUT2D eigenvalue weighted by Crippen LogP contribution is -2.26. The third-order valence-electron chi connectivity index (χ3n) is 1.94. The number of ether oxygens (including phenoxy) is 1. The van der Waals surface area contributed by atoms with Gasteiger partial charge in [-0.2, -0.15) is 0 Å². The van der Waals surface area contributed by atoms with Crippen molar-refractivity contribution in [2.24, 2.45) is 7.05 Å². The van der Waals surface area contributed by atoms with Gasteiger partial charge in [-0.3, -0.25) is 0 Å². The van der Waals surface area contributed by atoms with E-state index in [0.717, 1.165) is 5.33 Å². The summed E-state index contributed by atoms with van der Waals surface area (Å²) in [4.78, 5) is 3.79. The molecule has 0 radical (unpaired) electrons. The maximum Gasteiger partial charge on any atom is 0.259 e. The molecule has 0 atom stereocenters. The first-order valence-corrected chi connectivity index (χ1v) is 7.78. The quantitative estimate of drug-likeness (QED) is 0.558. The first kappa shape index (κ1) is 14.6. The van der Waals surface area contributed by atoms with Crippen LogP contribution in [0.15, 0.2) is 17.6 Å². The number of sulfonamides is 1. The molecule has 0 fully saturated rings. The van der Waals surface area contributed by atoms with E-state index in [4.69, 9.17) is 4.74 Å². The van der Waals surface area contributed by atoms with Crippen LogP contribution in [-0.2, 0) is 21.8 Å². The van der Waals surface area contributed by atoms with Crippen LogP contribution in [0.25, 0.3) is 0 Å². The highest BCUT2D eigenvalue weighted by molar-refractivity contribution is 9.09. The SMILES string of the molecule is Cn1cnc(S(=O)(=O)NCCCOCCBr)c1. The largest absolute Gasteiger partial charge is 0.381 e. The van der Waals surface area contributed by atoms with Gasteiger partial charge in [0, 0.05) is 31.7 Å². The third kappa shape index (κ3) is 5.15. The molecule has 0 unspecified atom stereocenters. The van der Waals surface area contributed by atoms with Gasteiger partial charge in [0.1, 0.15) is 0 Å². The van der Waals surface area contributed by atoms with Gasteiger partial charge in [-0.25, -0.2) is 18.1 Å². The van der Waals surface area contributed by atoms with Crippen molar-refractivity contribution in [3.63, 3.8) is 0 Å². The second-order valence-electron chi connectivity index (χ2n) is 3.43. The molecule has 8 heteroatoms. The summed E-state index contributed by atoms with van der Waals surface area (Å²) >= 11 is 3.24. The molecule has 0 aliphatic carbocycles. The molecule has 0 aromatic carbocycles. The lowest BCUT2D eigenvalue weighted by molar-refractivity contribution is 0.149. The molecule has 1 heterocycles. The van der Waals surface area contributed by atoms with Crippen molar-refractivity contribution in [2.45, 2.75) is 11.4 Å². The fraction of sp³-hybridized carbons (Fsp3) is 0.667. The Balaban J connectivity index is 2.31. The molecule has 0 saturated heterocycles. The van der Waals surface area contributed by atoms with Crippen LogP contribution in [0, 0.1) is 0 Å². The van der Waals surface area contributed by atoms with E-state index in [2.05, 4.69) is 25.6 Å². The van der Waals surface area contributed by atoms with Crippen molar-refractivity contribution >= 4 is 26.0 Å². The number of hydrogen-bond donors (Lipinski definition) is 1. The van der Waals surface area contributed by atoms with Crippen molar-refractivity contribution in [3.8, 4) is 0 Å². The summed E-state index contributed by atoms with van der Waals surface area (Å²) in [7, 11) is -1.76. The van der Waals surface area contributed by atoms with Crippen LogP contribution in [-0.4, -0.2) is 43.1 Å². The number of aromatic nitrogens is 2. The maximum absolute atomic E-state index is 11.7. The first-order chi connectivity index (χ1) is 8.06. The van der Waals surface area contributed by atoms with Gasteiger partial charge < -0.3 is 9.30 Å². The predicted molar refractivity (Wildman–Crippen MR) is 67.6 cm³/mol. The first-order valence-electron chi connectivity index (χ1n) is 5.17. The van der Waals surface area contributed by atoms with Crippen LogP contribution in [0.4, 0.5) is 0 Å². The Hall–Kier alpha value is -0.440. The van der Waals surface area contributed by atoms with Gasteiger partial charge in [-0.05, 0) is 6.42 Å². The van der Waals surface area contributed by atoms with Crippen LogP contribution >= 0.6 is 15.9 Å². The van der Waals surface area contributed by atoms with E-state index in [1.54, 1.807) is 11.6 Å². The van der Waals surface area contributed by atoms with Gasteiger partial charge in [-0.15, -0.1) is 0 Å². The summed E-state index contributed by atoms with van der Waals surface area (Å²) in [6, 6.07) is 0. The smallest absolute Gasteiger partial charge is 0.259 e. The number of nitrogens with one attached hydrogen (secondary N) is 1. The molecule has 0 aliphatic heterocycles. The van der Waals surface area contributed by atoms with E-state index in [0.29, 0.717) is 26.2 Å². The summed E-state index contributed by atoms with van der Waals surface area (Å²) in [5.74, 6) is 0. The molecule has 0 spiro atoms. The standard InChI is InChI=1S/C9H16BrN3O3S/c1-13-7-9(11-8-13)17(14,15)12-4-2-5-16-6-3-10/h7-8,12H,2-6H2,1H3. The molecule has 1 aromatic rings. The molecule has 0 amide bonds. The summed E-state index contributed by atoms with van der Waals surface area (Å²) in [5, 5.41) is 0.827. The Bertz CT molecular complexity index is 432. The molecular formula is C9H16BrN3O3S. The number of nitrogens with zero attached hydrogens (tertiary/aromatic N) is 2. The molecular weight excluding hydrogens is 310 g/mol. The average Bonchev–Trinajstić information content (AvgIpc) is 2.71. The predicted octanol–water partition coefficient (Wildman–Crippen LogP) is 0.500. The van der Waals surface area contributed by atoms with Gasteiger partial charge in [0.05, 0.1) is 12.9 Å². The highest BCUT2D eigenvalue weighted by Crippen LogP contribution is 2.03. The Morgan fingerprint density at radius 3 is 2.88 bits per heavy atom. The number of imidazole rings is 1. The third-order valence-corrected chi connectivity index (χ3v) is 3.60. The van der Waals surface area contributed by atoms with E-state index in [1.807, 2.05) is 0 Å². The summed E-state index contributed by atoms with van der Waals surface area (Å²) in [6.45, 7) is 1.52. The minimum Gasteiger partial charge on any atom is -0.381 e. The Labute approximate surface area is 110 Å². The van der Waals surface area contributed by atoms with Crippen molar-refractivity contribution in [2.75, 3.05) is 25.1 Å². The molecule has 6 nitrogen and oxygen atoms in total. The number of rotatable bonds is 8. The molecule has 1 rings (SSSR count). The van der Waals surface area contributed by atoms with Crippen LogP contribution in [0.5, 0.6) is 0 Å². The van der Waals surface area contributed by atoms with Crippen molar-refractivity contribution in [3.05, 3.63) is 12.5 Å². The lowest BCUT2D eigenvalue weighted by Gasteiger charge is -2.04. The Kier molecular flexibility index (Phi) is 6.10. The summed E-state index contributed by atoms with van der Waals surface area (Å²) in [6.07, 6.45) is 3.55. The van der Waals surface area contributed by atoms with Crippen LogP contribution in [0.2, 0.25) is 0 Å². The number of hydrogen-bond acceptors (Lipinski definition) is 4. The topological polar surface area (TPSA) is 73.2 Å². The normalized spacial score (nSPS) is 11.9. The summed E-state index contributed by atoms with van der Waals surface area (Å²) < 4.78 is 32.7. The molecule has 1 N–H and O–H groups in total. The van der Waals surface area contributed by atoms with Gasteiger partial charge in [0.25, 0.3) is 10.0 Å². The van der Waals surface area contributed by atoms with Crippen LogP contribution in [0.3, 0.4) is 0 Å². The van der Waals surface area contributed by atoms with Crippen molar-refractivity contribution < 1.29 is 13.2 Å². The number of alkyl halides is 1. The van der Waals surface area contributed by atoms with E-state index in [1.165, 1.54) is 12.5 Å². The molecule has 0 aliphatic rings. The molecule has 0 bridgehead atoms. The zero-order chi connectivity index (χ0) is 12.7. The maximum atomic E-state index is 11.7. The molecule has 0 saturated carbocycles. The number of halogens is 1. The number of aryl methyl sites for hydroxylation is 1. The van der Waals surface area contributed by atoms with Gasteiger partial charge in [0.15, 0.2) is 5.03 Å². The second kappa shape index (κ2) is 7.10. The minimum absolute atomic E-state index is 0.0429. The molecule has 17 heavy (non-hydrogen) atoms. The zero-order valence-corrected chi connectivity index (χ0v) is 12.0. The van der Waals surface area contributed by atoms with E-state index < -0.39 is 10.0 Å². The molecule has 1 aromatic heterocycles. The van der Waals surface area contributed by atoms with Gasteiger partial charge >= 0.3 is 0 Å². The highest BCUT2D eigenvalue weighted by Gasteiger charge is 2.15. The lowest BCUT2D eigenvalue weighted by atomic mass is 10.5. The fourth-order valence-electron chi connectivity index (χ4n) is 1.14. The van der Waals surface area contributed by atoms with Gasteiger partial charge in [-0.1, -0.05) is 15.9 Å². The molecule has 98 valence electrons. The zero-order valence-electron chi connectivity index (χ0n) is 9.60. The van der Waals surface area contributed by atoms with E-state index in [9.17, 15) is 8.42 Å². The van der Waals surface area contributed by atoms with Crippen LogP contribution in [0.1, 0.15) is 6.42 Å². The van der Waals surface area contributed by atoms with Gasteiger partial charge in [0.2, 0.25) is 0 Å². The second-order valence-corrected chi connectivity index (χ2v) is 5.94. The fourth-order valence-corrected chi connectivity index (χ4v) is 2.42. The van der Waals surface area contributed by atoms with Crippen molar-refractivity contribution in [1.29, 1.82) is 0 Å². The van der Waals surface area contributed by atoms with E-state index in [-0.39, 0.29) is 5.03 Å². The minimum atomic E-state index is -3.48. The Morgan fingerprint density at radius 2 is 2.29 bits per heavy atom.